The van der Waals surface area contributed by atoms with Gasteiger partial charge in [-0.25, -0.2) is 4.39 Å². The van der Waals surface area contributed by atoms with Crippen molar-refractivity contribution in [2.75, 3.05) is 5.32 Å². The Bertz CT molecular complexity index is 692. The van der Waals surface area contributed by atoms with Crippen LogP contribution < -0.4 is 10.9 Å². The molecule has 0 saturated carbocycles. The van der Waals surface area contributed by atoms with E-state index in [1.807, 2.05) is 0 Å². The Balaban J connectivity index is 2.25. The summed E-state index contributed by atoms with van der Waals surface area (Å²) in [6.07, 6.45) is 1.52. The van der Waals surface area contributed by atoms with Crippen LogP contribution in [0, 0.1) is 12.7 Å². The third kappa shape index (κ3) is 2.88. The predicted molar refractivity (Wildman–Crippen MR) is 70.8 cm³/mol. The number of hydrogen-bond donors (Lipinski definition) is 1. The van der Waals surface area contributed by atoms with Crippen molar-refractivity contribution in [2.24, 2.45) is 7.05 Å². The zero-order chi connectivity index (χ0) is 14.0. The third-order valence-electron chi connectivity index (χ3n) is 2.80. The fraction of sp³-hybridized carbons (Fsp3) is 0.143. The minimum atomic E-state index is -0.396. The highest BCUT2D eigenvalue weighted by atomic mass is 19.1. The smallest absolute Gasteiger partial charge is 0.255 e. The molecule has 1 aromatic carbocycles. The zero-order valence-electron chi connectivity index (χ0n) is 10.6. The minimum Gasteiger partial charge on any atom is -0.322 e. The number of carbonyl (C=O) groups excluding carboxylic acids is 1. The number of anilines is 1. The van der Waals surface area contributed by atoms with Crippen LogP contribution >= 0.6 is 0 Å². The van der Waals surface area contributed by atoms with Gasteiger partial charge in [0.1, 0.15) is 5.82 Å². The number of nitrogens with one attached hydrogen (secondary N) is 1. The first-order valence-electron chi connectivity index (χ1n) is 5.71. The molecule has 98 valence electrons. The lowest BCUT2D eigenvalue weighted by Gasteiger charge is -2.08. The standard InChI is InChI=1S/C14H13FN2O2/c1-9-7-11(15)3-4-12(9)16-14(19)10-5-6-17(2)13(18)8-10/h3-8H,1-2H3,(H,16,19). The normalized spacial score (nSPS) is 10.3. The van der Waals surface area contributed by atoms with Crippen LogP contribution in [0.2, 0.25) is 0 Å². The van der Waals surface area contributed by atoms with Crippen molar-refractivity contribution in [1.29, 1.82) is 0 Å². The molecule has 0 atom stereocenters. The van der Waals surface area contributed by atoms with Gasteiger partial charge in [0, 0.05) is 30.6 Å². The van der Waals surface area contributed by atoms with Gasteiger partial charge < -0.3 is 9.88 Å². The summed E-state index contributed by atoms with van der Waals surface area (Å²) < 4.78 is 14.3. The molecule has 0 spiro atoms. The SMILES string of the molecule is Cc1cc(F)ccc1NC(=O)c1ccn(C)c(=O)c1. The van der Waals surface area contributed by atoms with E-state index in [0.717, 1.165) is 0 Å². The van der Waals surface area contributed by atoms with E-state index < -0.39 is 5.91 Å². The molecule has 0 radical (unpaired) electrons. The number of nitrogens with zero attached hydrogens (tertiary/aromatic N) is 1. The van der Waals surface area contributed by atoms with Crippen molar-refractivity contribution in [3.63, 3.8) is 0 Å². The van der Waals surface area contributed by atoms with E-state index in [0.29, 0.717) is 11.3 Å². The Morgan fingerprint density at radius 3 is 2.63 bits per heavy atom. The van der Waals surface area contributed by atoms with Gasteiger partial charge in [-0.15, -0.1) is 0 Å². The molecule has 4 nitrogen and oxygen atoms in total. The monoisotopic (exact) mass is 260 g/mol. The van der Waals surface area contributed by atoms with E-state index >= 15 is 0 Å². The number of hydrogen-bond acceptors (Lipinski definition) is 2. The lowest BCUT2D eigenvalue weighted by atomic mass is 10.2. The number of aromatic nitrogens is 1. The molecule has 0 bridgehead atoms. The summed E-state index contributed by atoms with van der Waals surface area (Å²) in [6, 6.07) is 6.90. The average Bonchev–Trinajstić information content (AvgIpc) is 2.36. The molecule has 19 heavy (non-hydrogen) atoms. The summed E-state index contributed by atoms with van der Waals surface area (Å²) >= 11 is 0. The van der Waals surface area contributed by atoms with Crippen LogP contribution in [0.1, 0.15) is 15.9 Å². The summed E-state index contributed by atoms with van der Waals surface area (Å²) in [5, 5.41) is 2.65. The van der Waals surface area contributed by atoms with Crippen LogP contribution in [0.5, 0.6) is 0 Å². The Morgan fingerprint density at radius 1 is 1.26 bits per heavy atom. The molecule has 0 aliphatic heterocycles. The molecule has 5 heteroatoms. The summed E-state index contributed by atoms with van der Waals surface area (Å²) in [4.78, 5) is 23.4. The van der Waals surface area contributed by atoms with Crippen LogP contribution in [0.3, 0.4) is 0 Å². The van der Waals surface area contributed by atoms with E-state index in [2.05, 4.69) is 5.32 Å². The van der Waals surface area contributed by atoms with Crippen LogP contribution in [0.15, 0.2) is 41.3 Å². The van der Waals surface area contributed by atoms with Crippen molar-refractivity contribution < 1.29 is 9.18 Å². The van der Waals surface area contributed by atoms with E-state index in [9.17, 15) is 14.0 Å². The predicted octanol–water partition coefficient (Wildman–Crippen LogP) is 2.09. The fourth-order valence-corrected chi connectivity index (χ4v) is 1.65. The van der Waals surface area contributed by atoms with Crippen LogP contribution in [-0.4, -0.2) is 10.5 Å². The lowest BCUT2D eigenvalue weighted by molar-refractivity contribution is 0.102. The number of amides is 1. The van der Waals surface area contributed by atoms with Gasteiger partial charge in [0.15, 0.2) is 0 Å². The fourth-order valence-electron chi connectivity index (χ4n) is 1.65. The molecular weight excluding hydrogens is 247 g/mol. The van der Waals surface area contributed by atoms with E-state index in [4.69, 9.17) is 0 Å². The first-order chi connectivity index (χ1) is 8.97. The molecule has 0 saturated heterocycles. The Hall–Kier alpha value is -2.43. The zero-order valence-corrected chi connectivity index (χ0v) is 10.6. The van der Waals surface area contributed by atoms with Crippen molar-refractivity contribution in [3.05, 3.63) is 63.8 Å². The molecule has 0 unspecified atom stereocenters. The quantitative estimate of drug-likeness (QED) is 0.898. The Morgan fingerprint density at radius 2 is 2.00 bits per heavy atom. The Kier molecular flexibility index (Phi) is 3.46. The molecule has 0 aliphatic rings. The summed E-state index contributed by atoms with van der Waals surface area (Å²) in [5.74, 6) is -0.753. The largest absolute Gasteiger partial charge is 0.322 e. The molecular formula is C14H13FN2O2. The van der Waals surface area contributed by atoms with E-state index in [1.165, 1.54) is 35.0 Å². The van der Waals surface area contributed by atoms with Gasteiger partial charge in [-0.1, -0.05) is 0 Å². The van der Waals surface area contributed by atoms with Gasteiger partial charge >= 0.3 is 0 Å². The maximum atomic E-state index is 12.9. The number of halogens is 1. The molecule has 2 aromatic rings. The van der Waals surface area contributed by atoms with Gasteiger partial charge in [0.25, 0.3) is 11.5 Å². The van der Waals surface area contributed by atoms with Gasteiger partial charge in [0.05, 0.1) is 0 Å². The van der Waals surface area contributed by atoms with Gasteiger partial charge in [-0.05, 0) is 36.8 Å². The first-order valence-corrected chi connectivity index (χ1v) is 5.71. The van der Waals surface area contributed by atoms with Crippen molar-refractivity contribution in [1.82, 2.24) is 4.57 Å². The molecule has 1 amide bonds. The second-order valence-electron chi connectivity index (χ2n) is 4.28. The van der Waals surface area contributed by atoms with Crippen LogP contribution in [-0.2, 0) is 7.05 Å². The molecule has 2 rings (SSSR count). The lowest BCUT2D eigenvalue weighted by Crippen LogP contribution is -2.20. The second kappa shape index (κ2) is 5.06. The highest BCUT2D eigenvalue weighted by molar-refractivity contribution is 6.04. The van der Waals surface area contributed by atoms with Crippen LogP contribution in [0.25, 0.3) is 0 Å². The molecule has 1 heterocycles. The molecule has 0 aliphatic carbocycles. The Labute approximate surface area is 109 Å². The molecule has 0 fully saturated rings. The number of pyridine rings is 1. The van der Waals surface area contributed by atoms with E-state index in [1.54, 1.807) is 20.0 Å². The molecule has 1 N–H and O–H groups in total. The number of benzene rings is 1. The summed E-state index contributed by atoms with van der Waals surface area (Å²) in [5.41, 5.74) is 1.15. The maximum absolute atomic E-state index is 12.9. The summed E-state index contributed by atoms with van der Waals surface area (Å²) in [6.45, 7) is 1.70. The van der Waals surface area contributed by atoms with E-state index in [-0.39, 0.29) is 16.9 Å². The number of aryl methyl sites for hydroxylation is 2. The van der Waals surface area contributed by atoms with Gasteiger partial charge in [0.2, 0.25) is 0 Å². The summed E-state index contributed by atoms with van der Waals surface area (Å²) in [7, 11) is 1.61. The highest BCUT2D eigenvalue weighted by Gasteiger charge is 2.09. The molecule has 1 aromatic heterocycles. The van der Waals surface area contributed by atoms with Crippen molar-refractivity contribution in [3.8, 4) is 0 Å². The van der Waals surface area contributed by atoms with Crippen LogP contribution in [0.4, 0.5) is 10.1 Å². The topological polar surface area (TPSA) is 51.1 Å². The van der Waals surface area contributed by atoms with Gasteiger partial charge in [-0.2, -0.15) is 0 Å². The average molecular weight is 260 g/mol. The maximum Gasteiger partial charge on any atom is 0.255 e. The van der Waals surface area contributed by atoms with Crippen molar-refractivity contribution >= 4 is 11.6 Å². The number of carbonyl (C=O) groups is 1. The highest BCUT2D eigenvalue weighted by Crippen LogP contribution is 2.16. The third-order valence-corrected chi connectivity index (χ3v) is 2.80. The second-order valence-corrected chi connectivity index (χ2v) is 4.28. The van der Waals surface area contributed by atoms with Gasteiger partial charge in [-0.3, -0.25) is 9.59 Å². The first kappa shape index (κ1) is 13.0. The number of rotatable bonds is 2. The minimum absolute atomic E-state index is 0.261. The van der Waals surface area contributed by atoms with Crippen molar-refractivity contribution in [2.45, 2.75) is 6.92 Å².